The monoisotopic (exact) mass is 447 g/mol. The molecule has 3 aromatic rings. The first-order valence-electron chi connectivity index (χ1n) is 9.72. The van der Waals surface area contributed by atoms with E-state index in [-0.39, 0.29) is 18.3 Å². The summed E-state index contributed by atoms with van der Waals surface area (Å²) in [4.78, 5) is 15.8. The molecule has 1 N–H and O–H groups in total. The van der Waals surface area contributed by atoms with Crippen LogP contribution >= 0.6 is 0 Å². The first-order chi connectivity index (χ1) is 14.9. The van der Waals surface area contributed by atoms with Crippen LogP contribution in [-0.2, 0) is 20.4 Å². The number of amides is 1. The Morgan fingerprint density at radius 1 is 1.00 bits per heavy atom. The van der Waals surface area contributed by atoms with Gasteiger partial charge in [0.05, 0.1) is 0 Å². The van der Waals surface area contributed by atoms with Crippen molar-refractivity contribution in [2.24, 2.45) is 0 Å². The number of aromatic nitrogens is 2. The number of alkyl halides is 2. The SMILES string of the molecule is O=C(CS(=O)(=O)Cc1nccn1C(F)F)NCCC(c1ccccc1)c1ccccc1. The zero-order chi connectivity index (χ0) is 22.3. The molecular formula is C22H23F2N3O3S. The van der Waals surface area contributed by atoms with E-state index < -0.39 is 33.8 Å². The van der Waals surface area contributed by atoms with Gasteiger partial charge in [0.1, 0.15) is 17.3 Å². The number of halogens is 2. The van der Waals surface area contributed by atoms with Gasteiger partial charge in [-0.05, 0) is 17.5 Å². The van der Waals surface area contributed by atoms with E-state index in [2.05, 4.69) is 10.3 Å². The van der Waals surface area contributed by atoms with Crippen LogP contribution in [0.4, 0.5) is 8.78 Å². The zero-order valence-electron chi connectivity index (χ0n) is 16.7. The molecule has 3 rings (SSSR count). The van der Waals surface area contributed by atoms with E-state index >= 15 is 0 Å². The highest BCUT2D eigenvalue weighted by molar-refractivity contribution is 7.91. The number of rotatable bonds is 10. The predicted octanol–water partition coefficient (Wildman–Crippen LogP) is 3.53. The summed E-state index contributed by atoms with van der Waals surface area (Å²) in [6.45, 7) is -2.62. The van der Waals surface area contributed by atoms with Gasteiger partial charge in [-0.1, -0.05) is 60.7 Å². The normalized spacial score (nSPS) is 11.7. The van der Waals surface area contributed by atoms with Gasteiger partial charge in [-0.2, -0.15) is 8.78 Å². The zero-order valence-corrected chi connectivity index (χ0v) is 17.5. The molecule has 1 heterocycles. The van der Waals surface area contributed by atoms with Crippen molar-refractivity contribution in [3.63, 3.8) is 0 Å². The summed E-state index contributed by atoms with van der Waals surface area (Å²) >= 11 is 0. The van der Waals surface area contributed by atoms with Crippen molar-refractivity contribution < 1.29 is 22.0 Å². The Morgan fingerprint density at radius 3 is 2.13 bits per heavy atom. The van der Waals surface area contributed by atoms with Crippen molar-refractivity contribution in [2.45, 2.75) is 24.6 Å². The van der Waals surface area contributed by atoms with Crippen LogP contribution in [-0.4, -0.2) is 36.2 Å². The van der Waals surface area contributed by atoms with Gasteiger partial charge < -0.3 is 5.32 Å². The Bertz CT molecular complexity index is 1050. The molecule has 0 fully saturated rings. The number of carbonyl (C=O) groups excluding carboxylic acids is 1. The molecule has 2 aromatic carbocycles. The predicted molar refractivity (Wildman–Crippen MR) is 113 cm³/mol. The summed E-state index contributed by atoms with van der Waals surface area (Å²) in [6, 6.07) is 19.7. The van der Waals surface area contributed by atoms with E-state index in [1.165, 1.54) is 0 Å². The average Bonchev–Trinajstić information content (AvgIpc) is 3.19. The van der Waals surface area contributed by atoms with Gasteiger partial charge in [0.2, 0.25) is 5.91 Å². The molecular weight excluding hydrogens is 424 g/mol. The second kappa shape index (κ2) is 10.3. The van der Waals surface area contributed by atoms with Crippen LogP contribution < -0.4 is 5.32 Å². The Morgan fingerprint density at radius 2 is 1.58 bits per heavy atom. The lowest BCUT2D eigenvalue weighted by molar-refractivity contribution is -0.118. The number of nitrogens with one attached hydrogen (secondary N) is 1. The number of sulfone groups is 1. The molecule has 0 radical (unpaired) electrons. The van der Waals surface area contributed by atoms with E-state index in [9.17, 15) is 22.0 Å². The fourth-order valence-electron chi connectivity index (χ4n) is 3.38. The molecule has 0 aliphatic rings. The molecule has 9 heteroatoms. The quantitative estimate of drug-likeness (QED) is 0.516. The Labute approximate surface area is 179 Å². The van der Waals surface area contributed by atoms with E-state index in [1.54, 1.807) is 0 Å². The number of benzene rings is 2. The third-order valence-corrected chi connectivity index (χ3v) is 6.22. The van der Waals surface area contributed by atoms with Gasteiger partial charge in [-0.15, -0.1) is 0 Å². The summed E-state index contributed by atoms with van der Waals surface area (Å²) in [7, 11) is -3.94. The van der Waals surface area contributed by atoms with Crippen LogP contribution in [0.25, 0.3) is 0 Å². The number of hydrogen-bond donors (Lipinski definition) is 1. The van der Waals surface area contributed by atoms with E-state index in [0.717, 1.165) is 23.5 Å². The summed E-state index contributed by atoms with van der Waals surface area (Å²) in [5.41, 5.74) is 2.18. The van der Waals surface area contributed by atoms with Crippen molar-refractivity contribution in [1.29, 1.82) is 0 Å². The smallest absolute Gasteiger partial charge is 0.319 e. The number of imidazole rings is 1. The molecule has 0 aliphatic heterocycles. The molecule has 1 amide bonds. The molecule has 0 saturated heterocycles. The first-order valence-corrected chi connectivity index (χ1v) is 11.5. The van der Waals surface area contributed by atoms with Gasteiger partial charge in [-0.25, -0.2) is 13.4 Å². The molecule has 0 unspecified atom stereocenters. The average molecular weight is 448 g/mol. The standard InChI is InChI=1S/C22H23F2N3O3S/c23-22(24)27-14-13-25-20(27)15-31(29,30)16-21(28)26-12-11-19(17-7-3-1-4-8-17)18-9-5-2-6-10-18/h1-10,13-14,19,22H,11-12,15-16H2,(H,26,28). The third-order valence-electron chi connectivity index (χ3n) is 4.82. The summed E-state index contributed by atoms with van der Waals surface area (Å²) in [6.07, 6.45) is 2.68. The molecule has 0 aliphatic carbocycles. The molecule has 0 saturated carbocycles. The minimum atomic E-state index is -3.94. The second-order valence-electron chi connectivity index (χ2n) is 7.07. The van der Waals surface area contributed by atoms with Crippen LogP contribution in [0.3, 0.4) is 0 Å². The maximum Gasteiger partial charge on any atom is 0.319 e. The number of carbonyl (C=O) groups is 1. The molecule has 164 valence electrons. The second-order valence-corrected chi connectivity index (χ2v) is 9.14. The highest BCUT2D eigenvalue weighted by Gasteiger charge is 2.22. The molecule has 0 atom stereocenters. The van der Waals surface area contributed by atoms with Crippen molar-refractivity contribution >= 4 is 15.7 Å². The highest BCUT2D eigenvalue weighted by Crippen LogP contribution is 2.27. The number of hydrogen-bond acceptors (Lipinski definition) is 4. The minimum absolute atomic E-state index is 0.0397. The van der Waals surface area contributed by atoms with Gasteiger partial charge in [0.25, 0.3) is 0 Å². The van der Waals surface area contributed by atoms with Gasteiger partial charge in [0, 0.05) is 24.9 Å². The fourth-order valence-corrected chi connectivity index (χ4v) is 4.60. The maximum absolute atomic E-state index is 12.9. The van der Waals surface area contributed by atoms with E-state index in [0.29, 0.717) is 11.0 Å². The fraction of sp³-hybridized carbons (Fsp3) is 0.273. The summed E-state index contributed by atoms with van der Waals surface area (Å²) in [5.74, 6) is -2.44. The Balaban J connectivity index is 1.58. The van der Waals surface area contributed by atoms with E-state index in [4.69, 9.17) is 0 Å². The van der Waals surface area contributed by atoms with Crippen LogP contribution in [0.2, 0.25) is 0 Å². The highest BCUT2D eigenvalue weighted by atomic mass is 32.2. The van der Waals surface area contributed by atoms with Crippen LogP contribution in [0.1, 0.15) is 35.8 Å². The summed E-state index contributed by atoms with van der Waals surface area (Å²) in [5, 5.41) is 2.63. The van der Waals surface area contributed by atoms with Crippen molar-refractivity contribution in [1.82, 2.24) is 14.9 Å². The molecule has 0 bridgehead atoms. The topological polar surface area (TPSA) is 81.1 Å². The number of nitrogens with zero attached hydrogens (tertiary/aromatic N) is 2. The van der Waals surface area contributed by atoms with Crippen LogP contribution in [0.15, 0.2) is 73.1 Å². The van der Waals surface area contributed by atoms with Crippen molar-refractivity contribution in [2.75, 3.05) is 12.3 Å². The lowest BCUT2D eigenvalue weighted by Crippen LogP contribution is -2.32. The van der Waals surface area contributed by atoms with Crippen LogP contribution in [0, 0.1) is 0 Å². The van der Waals surface area contributed by atoms with Crippen molar-refractivity contribution in [3.05, 3.63) is 90.0 Å². The van der Waals surface area contributed by atoms with Gasteiger partial charge in [-0.3, -0.25) is 9.36 Å². The van der Waals surface area contributed by atoms with Crippen molar-refractivity contribution in [3.8, 4) is 0 Å². The Hall–Kier alpha value is -3.07. The molecule has 0 spiro atoms. The van der Waals surface area contributed by atoms with E-state index in [1.807, 2.05) is 60.7 Å². The van der Waals surface area contributed by atoms with Gasteiger partial charge in [0.15, 0.2) is 9.84 Å². The molecule has 31 heavy (non-hydrogen) atoms. The van der Waals surface area contributed by atoms with Crippen LogP contribution in [0.5, 0.6) is 0 Å². The molecule has 6 nitrogen and oxygen atoms in total. The Kier molecular flexibility index (Phi) is 7.51. The molecule has 1 aromatic heterocycles. The first kappa shape index (κ1) is 22.6. The summed E-state index contributed by atoms with van der Waals surface area (Å²) < 4.78 is 50.7. The third kappa shape index (κ3) is 6.45. The van der Waals surface area contributed by atoms with Gasteiger partial charge >= 0.3 is 6.55 Å². The minimum Gasteiger partial charge on any atom is -0.355 e. The lowest BCUT2D eigenvalue weighted by Gasteiger charge is -2.18. The maximum atomic E-state index is 12.9. The lowest BCUT2D eigenvalue weighted by atomic mass is 9.88. The largest absolute Gasteiger partial charge is 0.355 e.